The Balaban J connectivity index is 2.42. The molecule has 0 fully saturated rings. The molecule has 2 rings (SSSR count). The van der Waals surface area contributed by atoms with Crippen LogP contribution in [0.5, 0.6) is 0 Å². The van der Waals surface area contributed by atoms with Crippen molar-refractivity contribution in [2.75, 3.05) is 0 Å². The van der Waals surface area contributed by atoms with E-state index in [-0.39, 0.29) is 0 Å². The van der Waals surface area contributed by atoms with Crippen LogP contribution in [0.1, 0.15) is 15.9 Å². The van der Waals surface area contributed by atoms with Crippen LogP contribution >= 0.6 is 15.9 Å². The summed E-state index contributed by atoms with van der Waals surface area (Å²) in [6.45, 7) is 0. The van der Waals surface area contributed by atoms with Gasteiger partial charge in [-0.05, 0) is 24.3 Å². The maximum Gasteiger partial charge on any atom is 0.335 e. The second-order valence-electron chi connectivity index (χ2n) is 4.03. The molecule has 0 aliphatic carbocycles. The Kier molecular flexibility index (Phi) is 3.94. The average Bonchev–Trinajstić information content (AvgIpc) is 2.38. The Morgan fingerprint density at radius 2 is 1.60 bits per heavy atom. The Hall–Kier alpha value is -1.69. The molecular weight excluding hydrogens is 340 g/mol. The predicted octanol–water partition coefficient (Wildman–Crippen LogP) is 4.70. The van der Waals surface area contributed by atoms with Crippen molar-refractivity contribution in [2.24, 2.45) is 0 Å². The first-order valence-electron chi connectivity index (χ1n) is 5.46. The summed E-state index contributed by atoms with van der Waals surface area (Å²) in [5.41, 5.74) is -1.41. The van der Waals surface area contributed by atoms with Crippen molar-refractivity contribution in [3.05, 3.63) is 69.7 Å². The van der Waals surface area contributed by atoms with E-state index in [9.17, 15) is 22.4 Å². The molecule has 0 aromatic heterocycles. The van der Waals surface area contributed by atoms with E-state index >= 15 is 0 Å². The normalized spacial score (nSPS) is 11.4. The smallest absolute Gasteiger partial charge is 0.287 e. The van der Waals surface area contributed by atoms with E-state index in [4.69, 9.17) is 0 Å². The summed E-state index contributed by atoms with van der Waals surface area (Å²) in [6, 6.07) is 6.67. The van der Waals surface area contributed by atoms with Crippen LogP contribution in [0, 0.1) is 11.6 Å². The Labute approximate surface area is 120 Å². The topological polar surface area (TPSA) is 17.1 Å². The van der Waals surface area contributed by atoms with Crippen molar-refractivity contribution in [1.29, 1.82) is 0 Å². The maximum absolute atomic E-state index is 14.0. The second-order valence-corrected chi connectivity index (χ2v) is 4.95. The number of ketones is 1. The standard InChI is InChI=1S/C14H7BrF4O/c15-9-3-1-8(2-4-9)14(18,19)13(20)11-6-5-10(16)7-12(11)17/h1-7H. The molecule has 0 atom stereocenters. The molecule has 0 unspecified atom stereocenters. The van der Waals surface area contributed by atoms with Gasteiger partial charge in [0.15, 0.2) is 0 Å². The van der Waals surface area contributed by atoms with Gasteiger partial charge in [0.05, 0.1) is 5.56 Å². The van der Waals surface area contributed by atoms with Gasteiger partial charge in [-0.15, -0.1) is 0 Å². The van der Waals surface area contributed by atoms with Crippen molar-refractivity contribution < 1.29 is 22.4 Å². The van der Waals surface area contributed by atoms with Gasteiger partial charge in [-0.2, -0.15) is 8.78 Å². The van der Waals surface area contributed by atoms with Crippen molar-refractivity contribution in [3.8, 4) is 0 Å². The molecule has 0 saturated carbocycles. The van der Waals surface area contributed by atoms with E-state index in [2.05, 4.69) is 15.9 Å². The number of rotatable bonds is 3. The van der Waals surface area contributed by atoms with E-state index in [0.29, 0.717) is 16.6 Å². The molecule has 0 aliphatic heterocycles. The minimum absolute atomic E-state index is 0.394. The lowest BCUT2D eigenvalue weighted by molar-refractivity contribution is 0.00701. The number of carbonyl (C=O) groups excluding carboxylic acids is 1. The first kappa shape index (κ1) is 14.7. The molecule has 2 aromatic carbocycles. The summed E-state index contributed by atoms with van der Waals surface area (Å²) >= 11 is 3.08. The largest absolute Gasteiger partial charge is 0.335 e. The van der Waals surface area contributed by atoms with E-state index in [1.54, 1.807) is 0 Å². The zero-order valence-electron chi connectivity index (χ0n) is 9.84. The molecule has 0 spiro atoms. The molecule has 104 valence electrons. The third kappa shape index (κ3) is 2.75. The molecule has 0 amide bonds. The molecule has 20 heavy (non-hydrogen) atoms. The summed E-state index contributed by atoms with van der Waals surface area (Å²) < 4.78 is 54.8. The quantitative estimate of drug-likeness (QED) is 0.581. The molecule has 0 bridgehead atoms. The van der Waals surface area contributed by atoms with Gasteiger partial charge in [0.1, 0.15) is 11.6 Å². The molecule has 0 saturated heterocycles. The van der Waals surface area contributed by atoms with Gasteiger partial charge in [-0.3, -0.25) is 4.79 Å². The van der Waals surface area contributed by atoms with E-state index in [1.165, 1.54) is 12.1 Å². The van der Waals surface area contributed by atoms with Gasteiger partial charge in [0.25, 0.3) is 0 Å². The van der Waals surface area contributed by atoms with Gasteiger partial charge in [-0.1, -0.05) is 28.1 Å². The highest BCUT2D eigenvalue weighted by Crippen LogP contribution is 2.33. The molecular formula is C14H7BrF4O. The van der Waals surface area contributed by atoms with Crippen LogP contribution in [0.2, 0.25) is 0 Å². The van der Waals surface area contributed by atoms with Crippen LogP contribution in [0.15, 0.2) is 46.9 Å². The number of benzene rings is 2. The maximum atomic E-state index is 14.0. The molecule has 2 aromatic rings. The van der Waals surface area contributed by atoms with Crippen molar-refractivity contribution >= 4 is 21.7 Å². The van der Waals surface area contributed by atoms with Gasteiger partial charge in [0, 0.05) is 16.1 Å². The van der Waals surface area contributed by atoms with Crippen LogP contribution in [-0.4, -0.2) is 5.78 Å². The second kappa shape index (κ2) is 5.36. The zero-order chi connectivity index (χ0) is 14.9. The summed E-state index contributed by atoms with van der Waals surface area (Å²) in [4.78, 5) is 11.8. The Morgan fingerprint density at radius 1 is 1.00 bits per heavy atom. The van der Waals surface area contributed by atoms with E-state index in [0.717, 1.165) is 18.2 Å². The molecule has 0 heterocycles. The van der Waals surface area contributed by atoms with Gasteiger partial charge in [-0.25, -0.2) is 8.78 Å². The lowest BCUT2D eigenvalue weighted by atomic mass is 9.98. The predicted molar refractivity (Wildman–Crippen MR) is 68.7 cm³/mol. The summed E-state index contributed by atoms with van der Waals surface area (Å²) in [6.07, 6.45) is 0. The van der Waals surface area contributed by atoms with Gasteiger partial charge in [0.2, 0.25) is 5.78 Å². The molecule has 1 nitrogen and oxygen atoms in total. The van der Waals surface area contributed by atoms with Crippen molar-refractivity contribution in [2.45, 2.75) is 5.92 Å². The number of alkyl halides is 2. The lowest BCUT2D eigenvalue weighted by Crippen LogP contribution is -2.27. The van der Waals surface area contributed by atoms with Crippen LogP contribution < -0.4 is 0 Å². The summed E-state index contributed by atoms with van der Waals surface area (Å²) in [5.74, 6) is -7.85. The first-order chi connectivity index (χ1) is 9.32. The number of hydrogen-bond donors (Lipinski definition) is 0. The SMILES string of the molecule is O=C(c1ccc(F)cc1F)C(F)(F)c1ccc(Br)cc1. The Morgan fingerprint density at radius 3 is 2.15 bits per heavy atom. The summed E-state index contributed by atoms with van der Waals surface area (Å²) in [7, 11) is 0. The summed E-state index contributed by atoms with van der Waals surface area (Å²) in [5, 5.41) is 0. The number of Topliss-reactive ketones (excluding diaryl/α,β-unsaturated/α-hetero) is 1. The molecule has 0 radical (unpaired) electrons. The molecule has 6 heteroatoms. The first-order valence-corrected chi connectivity index (χ1v) is 6.25. The molecule has 0 aliphatic rings. The van der Waals surface area contributed by atoms with Gasteiger partial charge < -0.3 is 0 Å². The van der Waals surface area contributed by atoms with Crippen LogP contribution in [0.4, 0.5) is 17.6 Å². The lowest BCUT2D eigenvalue weighted by Gasteiger charge is -2.16. The molecule has 0 N–H and O–H groups in total. The highest BCUT2D eigenvalue weighted by Gasteiger charge is 2.42. The van der Waals surface area contributed by atoms with Gasteiger partial charge >= 0.3 is 5.92 Å². The Bertz CT molecular complexity index is 653. The van der Waals surface area contributed by atoms with Crippen molar-refractivity contribution in [3.63, 3.8) is 0 Å². The minimum Gasteiger partial charge on any atom is -0.287 e. The minimum atomic E-state index is -3.89. The fourth-order valence-electron chi connectivity index (χ4n) is 1.63. The van der Waals surface area contributed by atoms with Crippen molar-refractivity contribution in [1.82, 2.24) is 0 Å². The third-order valence-corrected chi connectivity index (χ3v) is 3.20. The van der Waals surface area contributed by atoms with Crippen LogP contribution in [-0.2, 0) is 5.92 Å². The highest BCUT2D eigenvalue weighted by molar-refractivity contribution is 9.10. The van der Waals surface area contributed by atoms with Crippen LogP contribution in [0.25, 0.3) is 0 Å². The monoisotopic (exact) mass is 346 g/mol. The number of carbonyl (C=O) groups is 1. The fraction of sp³-hybridized carbons (Fsp3) is 0.0714. The third-order valence-electron chi connectivity index (χ3n) is 2.67. The fourth-order valence-corrected chi connectivity index (χ4v) is 1.90. The number of halogens is 5. The number of hydrogen-bond acceptors (Lipinski definition) is 1. The van der Waals surface area contributed by atoms with Crippen LogP contribution in [0.3, 0.4) is 0 Å². The van der Waals surface area contributed by atoms with E-state index in [1.807, 2.05) is 0 Å². The highest BCUT2D eigenvalue weighted by atomic mass is 79.9. The average molecular weight is 347 g/mol. The zero-order valence-corrected chi connectivity index (χ0v) is 11.4. The van der Waals surface area contributed by atoms with E-state index < -0.39 is 34.5 Å².